The monoisotopic (exact) mass is 261 g/mol. The Morgan fingerprint density at radius 2 is 2.11 bits per heavy atom. The van der Waals surface area contributed by atoms with Gasteiger partial charge in [0.25, 0.3) is 0 Å². The second-order valence-electron chi connectivity index (χ2n) is 6.00. The third-order valence-corrected chi connectivity index (χ3v) is 4.38. The van der Waals surface area contributed by atoms with Gasteiger partial charge < -0.3 is 9.84 Å². The first-order valence-corrected chi connectivity index (χ1v) is 6.85. The smallest absolute Gasteiger partial charge is 0.314 e. The normalized spacial score (nSPS) is 29.7. The van der Waals surface area contributed by atoms with Gasteiger partial charge in [-0.2, -0.15) is 0 Å². The van der Waals surface area contributed by atoms with Gasteiger partial charge in [-0.15, -0.1) is 0 Å². The lowest BCUT2D eigenvalue weighted by Gasteiger charge is -2.43. The second kappa shape index (κ2) is 4.22. The molecule has 4 nitrogen and oxygen atoms in total. The number of ether oxygens (including phenoxy) is 1. The number of carboxylic acids is 1. The third-order valence-electron chi connectivity index (χ3n) is 4.38. The van der Waals surface area contributed by atoms with Gasteiger partial charge in [0.05, 0.1) is 12.5 Å². The molecule has 2 aliphatic rings. The van der Waals surface area contributed by atoms with Gasteiger partial charge in [0, 0.05) is 17.7 Å². The molecule has 0 bridgehead atoms. The second-order valence-corrected chi connectivity index (χ2v) is 6.00. The zero-order valence-electron chi connectivity index (χ0n) is 11.3. The van der Waals surface area contributed by atoms with Crippen LogP contribution in [0.25, 0.3) is 0 Å². The number of hydrogen-bond donors (Lipinski definition) is 1. The summed E-state index contributed by atoms with van der Waals surface area (Å²) in [5.74, 6) is 0.789. The summed E-state index contributed by atoms with van der Waals surface area (Å²) in [5.41, 5.74) is 1.14. The lowest BCUT2D eigenvalue weighted by atomic mass is 9.59. The van der Waals surface area contributed by atoms with Crippen molar-refractivity contribution >= 4 is 5.97 Å². The maximum absolute atomic E-state index is 11.7. The fourth-order valence-electron chi connectivity index (χ4n) is 3.16. The van der Waals surface area contributed by atoms with Crippen LogP contribution in [-0.4, -0.2) is 23.2 Å². The maximum atomic E-state index is 11.7. The van der Waals surface area contributed by atoms with Gasteiger partial charge in [-0.1, -0.05) is 6.92 Å². The SMILES string of the molecule is COc1cc(C2(C(=O)O)CC(C)C2)cc(C2CC2)n1. The molecule has 0 unspecified atom stereocenters. The zero-order valence-corrected chi connectivity index (χ0v) is 11.3. The van der Waals surface area contributed by atoms with Gasteiger partial charge in [-0.25, -0.2) is 4.98 Å². The highest BCUT2D eigenvalue weighted by Crippen LogP contribution is 2.50. The molecule has 2 saturated carbocycles. The van der Waals surface area contributed by atoms with Crippen LogP contribution in [-0.2, 0) is 10.2 Å². The molecule has 19 heavy (non-hydrogen) atoms. The number of aliphatic carboxylic acids is 1. The first-order chi connectivity index (χ1) is 9.05. The van der Waals surface area contributed by atoms with Crippen LogP contribution in [0.1, 0.15) is 49.8 Å². The number of rotatable bonds is 4. The first kappa shape index (κ1) is 12.5. The predicted octanol–water partition coefficient (Wildman–Crippen LogP) is 2.72. The molecule has 4 heteroatoms. The van der Waals surface area contributed by atoms with Crippen LogP contribution in [0.3, 0.4) is 0 Å². The fraction of sp³-hybridized carbons (Fsp3) is 0.600. The summed E-state index contributed by atoms with van der Waals surface area (Å²) in [6, 6.07) is 3.78. The summed E-state index contributed by atoms with van der Waals surface area (Å²) < 4.78 is 5.24. The highest BCUT2D eigenvalue weighted by atomic mass is 16.5. The molecule has 1 N–H and O–H groups in total. The Morgan fingerprint density at radius 1 is 1.42 bits per heavy atom. The Hall–Kier alpha value is -1.58. The Morgan fingerprint density at radius 3 is 2.58 bits per heavy atom. The molecule has 102 valence electrons. The third kappa shape index (κ3) is 1.99. The van der Waals surface area contributed by atoms with Crippen molar-refractivity contribution in [2.75, 3.05) is 7.11 Å². The number of pyridine rings is 1. The van der Waals surface area contributed by atoms with E-state index in [1.165, 1.54) is 0 Å². The molecule has 1 aromatic heterocycles. The van der Waals surface area contributed by atoms with E-state index in [0.29, 0.717) is 30.6 Å². The summed E-state index contributed by atoms with van der Waals surface area (Å²) in [6.07, 6.45) is 3.71. The number of hydrogen-bond acceptors (Lipinski definition) is 3. The van der Waals surface area contributed by atoms with E-state index >= 15 is 0 Å². The van der Waals surface area contributed by atoms with Crippen molar-refractivity contribution in [3.8, 4) is 5.88 Å². The maximum Gasteiger partial charge on any atom is 0.314 e. The van der Waals surface area contributed by atoms with E-state index < -0.39 is 11.4 Å². The van der Waals surface area contributed by atoms with Crippen LogP contribution in [0.15, 0.2) is 12.1 Å². The molecule has 0 spiro atoms. The Balaban J connectivity index is 2.03. The summed E-state index contributed by atoms with van der Waals surface area (Å²) in [7, 11) is 1.58. The number of carboxylic acid groups (broad SMARTS) is 1. The molecular weight excluding hydrogens is 242 g/mol. The van der Waals surface area contributed by atoms with E-state index in [0.717, 1.165) is 24.1 Å². The van der Waals surface area contributed by atoms with Gasteiger partial charge in [-0.05, 0) is 43.2 Å². The average Bonchev–Trinajstić information content (AvgIpc) is 3.17. The van der Waals surface area contributed by atoms with Crippen LogP contribution < -0.4 is 4.74 Å². The fourth-order valence-corrected chi connectivity index (χ4v) is 3.16. The van der Waals surface area contributed by atoms with Gasteiger partial charge in [-0.3, -0.25) is 4.79 Å². The minimum atomic E-state index is -0.723. The molecule has 0 aromatic carbocycles. The summed E-state index contributed by atoms with van der Waals surface area (Å²) >= 11 is 0. The van der Waals surface area contributed by atoms with Gasteiger partial charge in [0.2, 0.25) is 5.88 Å². The van der Waals surface area contributed by atoms with Crippen molar-refractivity contribution < 1.29 is 14.6 Å². The number of aromatic nitrogens is 1. The lowest BCUT2D eigenvalue weighted by molar-refractivity contribution is -0.149. The summed E-state index contributed by atoms with van der Waals surface area (Å²) in [4.78, 5) is 16.1. The molecule has 0 aliphatic heterocycles. The average molecular weight is 261 g/mol. The topological polar surface area (TPSA) is 59.4 Å². The molecule has 0 radical (unpaired) electrons. The Labute approximate surface area is 112 Å². The van der Waals surface area contributed by atoms with E-state index in [9.17, 15) is 9.90 Å². The highest BCUT2D eigenvalue weighted by Gasteiger charge is 2.50. The standard InChI is InChI=1S/C15H19NO3/c1-9-7-15(8-9,14(17)18)11-5-12(10-3-4-10)16-13(6-11)19-2/h5-6,9-10H,3-4,7-8H2,1-2H3,(H,17,18). The van der Waals surface area contributed by atoms with Crippen LogP contribution in [0.5, 0.6) is 5.88 Å². The van der Waals surface area contributed by atoms with Crippen LogP contribution in [0.2, 0.25) is 0 Å². The van der Waals surface area contributed by atoms with Crippen molar-refractivity contribution in [3.63, 3.8) is 0 Å². The molecular formula is C15H19NO3. The number of nitrogens with zero attached hydrogens (tertiary/aromatic N) is 1. The predicted molar refractivity (Wildman–Crippen MR) is 70.5 cm³/mol. The molecule has 3 rings (SSSR count). The minimum Gasteiger partial charge on any atom is -0.481 e. The quantitative estimate of drug-likeness (QED) is 0.905. The van der Waals surface area contributed by atoms with Gasteiger partial charge >= 0.3 is 5.97 Å². The summed E-state index contributed by atoms with van der Waals surface area (Å²) in [5, 5.41) is 9.60. The Kier molecular flexibility index (Phi) is 2.77. The molecule has 0 atom stereocenters. The highest BCUT2D eigenvalue weighted by molar-refractivity contribution is 5.83. The molecule has 0 saturated heterocycles. The van der Waals surface area contributed by atoms with Crippen LogP contribution in [0, 0.1) is 5.92 Å². The van der Waals surface area contributed by atoms with Crippen molar-refractivity contribution in [2.45, 2.75) is 43.9 Å². The van der Waals surface area contributed by atoms with Crippen molar-refractivity contribution in [3.05, 3.63) is 23.4 Å². The van der Waals surface area contributed by atoms with Crippen molar-refractivity contribution in [1.29, 1.82) is 0 Å². The summed E-state index contributed by atoms with van der Waals surface area (Å²) in [6.45, 7) is 2.10. The van der Waals surface area contributed by atoms with Crippen molar-refractivity contribution in [2.24, 2.45) is 5.92 Å². The first-order valence-electron chi connectivity index (χ1n) is 6.85. The number of carbonyl (C=O) groups is 1. The van der Waals surface area contributed by atoms with E-state index in [1.54, 1.807) is 13.2 Å². The lowest BCUT2D eigenvalue weighted by Crippen LogP contribution is -2.47. The molecule has 1 aromatic rings. The molecule has 2 fully saturated rings. The molecule has 2 aliphatic carbocycles. The largest absolute Gasteiger partial charge is 0.481 e. The Bertz CT molecular complexity index is 516. The van der Waals surface area contributed by atoms with E-state index in [1.807, 2.05) is 6.07 Å². The number of methoxy groups -OCH3 is 1. The van der Waals surface area contributed by atoms with E-state index in [4.69, 9.17) is 4.74 Å². The van der Waals surface area contributed by atoms with Gasteiger partial charge in [0.15, 0.2) is 0 Å². The van der Waals surface area contributed by atoms with E-state index in [-0.39, 0.29) is 0 Å². The molecule has 1 heterocycles. The minimum absolute atomic E-state index is 0.472. The van der Waals surface area contributed by atoms with Gasteiger partial charge in [0.1, 0.15) is 0 Å². The van der Waals surface area contributed by atoms with Crippen LogP contribution >= 0.6 is 0 Å². The van der Waals surface area contributed by atoms with Crippen molar-refractivity contribution in [1.82, 2.24) is 4.98 Å². The zero-order chi connectivity index (χ0) is 13.6. The van der Waals surface area contributed by atoms with Crippen LogP contribution in [0.4, 0.5) is 0 Å². The van der Waals surface area contributed by atoms with E-state index in [2.05, 4.69) is 11.9 Å². The molecule has 0 amide bonds.